The maximum Gasteiger partial charge on any atom is 0.356 e. The van der Waals surface area contributed by atoms with Gasteiger partial charge in [-0.3, -0.25) is 4.90 Å². The van der Waals surface area contributed by atoms with Gasteiger partial charge in [0.25, 0.3) is 0 Å². The molecule has 0 saturated heterocycles. The fourth-order valence-electron chi connectivity index (χ4n) is 3.22. The van der Waals surface area contributed by atoms with Crippen LogP contribution >= 0.6 is 11.6 Å². The van der Waals surface area contributed by atoms with Gasteiger partial charge in [0.05, 0.1) is 30.5 Å². The lowest BCUT2D eigenvalue weighted by Crippen LogP contribution is -2.51. The fraction of sp³-hybridized carbons (Fsp3) is 0.227. The van der Waals surface area contributed by atoms with Gasteiger partial charge in [-0.05, 0) is 44.2 Å². The molecule has 0 aliphatic carbocycles. The van der Waals surface area contributed by atoms with Gasteiger partial charge >= 0.3 is 18.0 Å². The Kier molecular flexibility index (Phi) is 6.91. The molecule has 0 bridgehead atoms. The number of hydrogen-bond donors (Lipinski definition) is 1. The zero-order chi connectivity index (χ0) is 22.5. The quantitative estimate of drug-likeness (QED) is 0.674. The number of ether oxygens (including phenoxy) is 2. The number of halogens is 2. The number of hydrogen-bond acceptors (Lipinski definition) is 5. The van der Waals surface area contributed by atoms with Crippen LogP contribution in [0.25, 0.3) is 0 Å². The van der Waals surface area contributed by atoms with Gasteiger partial charge in [-0.2, -0.15) is 0 Å². The molecule has 0 aromatic heterocycles. The van der Waals surface area contributed by atoms with Crippen LogP contribution in [-0.4, -0.2) is 31.2 Å². The Bertz CT molecular complexity index is 1040. The van der Waals surface area contributed by atoms with Gasteiger partial charge in [-0.1, -0.05) is 29.8 Å². The summed E-state index contributed by atoms with van der Waals surface area (Å²) in [7, 11) is 0. The first-order chi connectivity index (χ1) is 14.9. The largest absolute Gasteiger partial charge is 0.463 e. The van der Waals surface area contributed by atoms with E-state index in [4.69, 9.17) is 21.1 Å². The van der Waals surface area contributed by atoms with Crippen LogP contribution < -0.4 is 10.2 Å². The highest BCUT2D eigenvalue weighted by molar-refractivity contribution is 6.30. The van der Waals surface area contributed by atoms with E-state index in [0.717, 1.165) is 4.90 Å². The Morgan fingerprint density at radius 2 is 1.65 bits per heavy atom. The monoisotopic (exact) mass is 446 g/mol. The van der Waals surface area contributed by atoms with Crippen LogP contribution in [0.3, 0.4) is 0 Å². The molecule has 162 valence electrons. The summed E-state index contributed by atoms with van der Waals surface area (Å²) in [5.74, 6) is -2.45. The molecule has 1 unspecified atom stereocenters. The van der Waals surface area contributed by atoms with Gasteiger partial charge in [0, 0.05) is 10.6 Å². The summed E-state index contributed by atoms with van der Waals surface area (Å²) in [6.45, 7) is 3.20. The zero-order valence-corrected chi connectivity index (χ0v) is 17.6. The summed E-state index contributed by atoms with van der Waals surface area (Å²) in [5, 5.41) is 3.02. The van der Waals surface area contributed by atoms with E-state index < -0.39 is 29.8 Å². The van der Waals surface area contributed by atoms with E-state index >= 15 is 0 Å². The Labute approximate surface area is 183 Å². The minimum atomic E-state index is -1.25. The van der Waals surface area contributed by atoms with E-state index in [-0.39, 0.29) is 35.7 Å². The molecule has 2 aromatic rings. The van der Waals surface area contributed by atoms with Crippen molar-refractivity contribution in [1.82, 2.24) is 5.32 Å². The summed E-state index contributed by atoms with van der Waals surface area (Å²) in [5.41, 5.74) is -0.310. The second-order valence-electron chi connectivity index (χ2n) is 6.42. The van der Waals surface area contributed by atoms with Gasteiger partial charge in [-0.15, -0.1) is 0 Å². The third-order valence-electron chi connectivity index (χ3n) is 4.50. The SMILES string of the molecule is CCOC(=O)C1=C(C(=O)OCC)N(c2ccc(Cl)cc2)C(=O)NC1c1ccccc1F. The average Bonchev–Trinajstić information content (AvgIpc) is 2.74. The smallest absolute Gasteiger partial charge is 0.356 e. The van der Waals surface area contributed by atoms with E-state index in [1.807, 2.05) is 0 Å². The molecule has 3 rings (SSSR count). The molecule has 1 heterocycles. The number of carbonyl (C=O) groups is 3. The van der Waals surface area contributed by atoms with E-state index in [1.54, 1.807) is 19.9 Å². The standard InChI is InChI=1S/C22H20ClFN2O5/c1-3-30-20(27)17-18(15-7-5-6-8-16(15)24)25-22(29)26(19(17)21(28)31-4-2)14-11-9-13(23)10-12-14/h5-12,18H,3-4H2,1-2H3,(H,25,29). The second kappa shape index (κ2) is 9.61. The Morgan fingerprint density at radius 3 is 2.26 bits per heavy atom. The number of esters is 2. The highest BCUT2D eigenvalue weighted by Crippen LogP contribution is 2.36. The molecule has 1 atom stereocenters. The van der Waals surface area contributed by atoms with E-state index in [1.165, 1.54) is 42.5 Å². The average molecular weight is 447 g/mol. The van der Waals surface area contributed by atoms with Gasteiger partial charge in [0.15, 0.2) is 0 Å². The van der Waals surface area contributed by atoms with Crippen molar-refractivity contribution < 1.29 is 28.2 Å². The normalized spacial score (nSPS) is 16.1. The Morgan fingerprint density at radius 1 is 1.03 bits per heavy atom. The lowest BCUT2D eigenvalue weighted by atomic mass is 9.93. The van der Waals surface area contributed by atoms with Crippen molar-refractivity contribution in [2.45, 2.75) is 19.9 Å². The summed E-state index contributed by atoms with van der Waals surface area (Å²) >= 11 is 5.94. The maximum absolute atomic E-state index is 14.6. The minimum absolute atomic E-state index is 0.00111. The summed E-state index contributed by atoms with van der Waals surface area (Å²) in [4.78, 5) is 40.0. The highest BCUT2D eigenvalue weighted by Gasteiger charge is 2.43. The van der Waals surface area contributed by atoms with Gasteiger partial charge in [0.2, 0.25) is 0 Å². The summed E-state index contributed by atoms with van der Waals surface area (Å²) in [6.07, 6.45) is 0. The molecule has 31 heavy (non-hydrogen) atoms. The lowest BCUT2D eigenvalue weighted by Gasteiger charge is -2.35. The van der Waals surface area contributed by atoms with Gasteiger partial charge < -0.3 is 14.8 Å². The lowest BCUT2D eigenvalue weighted by molar-refractivity contribution is -0.142. The number of nitrogens with zero attached hydrogens (tertiary/aromatic N) is 1. The molecule has 7 nitrogen and oxygen atoms in total. The third-order valence-corrected chi connectivity index (χ3v) is 4.76. The molecule has 1 aliphatic rings. The second-order valence-corrected chi connectivity index (χ2v) is 6.86. The van der Waals surface area contributed by atoms with Gasteiger partial charge in [-0.25, -0.2) is 18.8 Å². The minimum Gasteiger partial charge on any atom is -0.463 e. The fourth-order valence-corrected chi connectivity index (χ4v) is 3.35. The zero-order valence-electron chi connectivity index (χ0n) is 16.9. The highest BCUT2D eigenvalue weighted by atomic mass is 35.5. The van der Waals surface area contributed by atoms with Crippen molar-refractivity contribution in [3.05, 3.63) is 76.2 Å². The number of rotatable bonds is 6. The number of amides is 2. The van der Waals surface area contributed by atoms with Crippen LogP contribution in [0.2, 0.25) is 5.02 Å². The Hall–Kier alpha value is -3.39. The molecular weight excluding hydrogens is 427 g/mol. The molecule has 9 heteroatoms. The van der Waals surface area contributed by atoms with Crippen molar-refractivity contribution in [2.75, 3.05) is 18.1 Å². The Balaban J connectivity index is 2.29. The van der Waals surface area contributed by atoms with Crippen molar-refractivity contribution in [1.29, 1.82) is 0 Å². The van der Waals surface area contributed by atoms with E-state index in [0.29, 0.717) is 5.02 Å². The van der Waals surface area contributed by atoms with Crippen LogP contribution in [-0.2, 0) is 19.1 Å². The van der Waals surface area contributed by atoms with E-state index in [2.05, 4.69) is 5.32 Å². The molecule has 2 aromatic carbocycles. The predicted octanol–water partition coefficient (Wildman–Crippen LogP) is 4.13. The number of benzene rings is 2. The number of nitrogens with one attached hydrogen (secondary N) is 1. The van der Waals surface area contributed by atoms with Crippen LogP contribution in [0, 0.1) is 5.82 Å². The molecule has 1 N–H and O–H groups in total. The summed E-state index contributed by atoms with van der Waals surface area (Å²) < 4.78 is 24.9. The molecular formula is C22H20ClFN2O5. The molecule has 0 saturated carbocycles. The number of anilines is 1. The van der Waals surface area contributed by atoms with Crippen LogP contribution in [0.15, 0.2) is 59.8 Å². The van der Waals surface area contributed by atoms with Gasteiger partial charge in [0.1, 0.15) is 11.5 Å². The first kappa shape index (κ1) is 22.3. The summed E-state index contributed by atoms with van der Waals surface area (Å²) in [6, 6.07) is 9.72. The van der Waals surface area contributed by atoms with Crippen LogP contribution in [0.5, 0.6) is 0 Å². The third kappa shape index (κ3) is 4.54. The molecule has 1 aliphatic heterocycles. The molecule has 0 spiro atoms. The van der Waals surface area contributed by atoms with Crippen molar-refractivity contribution in [3.63, 3.8) is 0 Å². The number of urea groups is 1. The van der Waals surface area contributed by atoms with E-state index in [9.17, 15) is 18.8 Å². The molecule has 0 fully saturated rings. The van der Waals surface area contributed by atoms with Crippen molar-refractivity contribution in [2.24, 2.45) is 0 Å². The van der Waals surface area contributed by atoms with Crippen molar-refractivity contribution in [3.8, 4) is 0 Å². The topological polar surface area (TPSA) is 84.9 Å². The molecule has 2 amide bonds. The van der Waals surface area contributed by atoms with Crippen LogP contribution in [0.4, 0.5) is 14.9 Å². The van der Waals surface area contributed by atoms with Crippen LogP contribution in [0.1, 0.15) is 25.5 Å². The number of carbonyl (C=O) groups excluding carboxylic acids is 3. The maximum atomic E-state index is 14.6. The molecule has 0 radical (unpaired) electrons. The first-order valence-corrected chi connectivity index (χ1v) is 9.95. The first-order valence-electron chi connectivity index (χ1n) is 9.58. The van der Waals surface area contributed by atoms with Crippen molar-refractivity contribution >= 4 is 35.3 Å². The predicted molar refractivity (Wildman–Crippen MR) is 112 cm³/mol.